The fourth-order valence-electron chi connectivity index (χ4n) is 0.785. The fourth-order valence-corrected chi connectivity index (χ4v) is 1.40. The summed E-state index contributed by atoms with van der Waals surface area (Å²) in [4.78, 5) is 11.1. The predicted molar refractivity (Wildman–Crippen MR) is 56.0 cm³/mol. The van der Waals surface area contributed by atoms with E-state index in [0.717, 1.165) is 5.57 Å². The highest BCUT2D eigenvalue weighted by molar-refractivity contribution is 7.84. The molecular weight excluding hydrogens is 186 g/mol. The molecule has 0 heterocycles. The lowest BCUT2D eigenvalue weighted by Crippen LogP contribution is -2.27. The molecule has 4 heteroatoms. The minimum absolute atomic E-state index is 0.0411. The Hall–Kier alpha value is -0.640. The normalized spacial score (nSPS) is 12.2. The van der Waals surface area contributed by atoms with E-state index in [2.05, 4.69) is 11.9 Å². The molecule has 1 N–H and O–H groups in total. The van der Waals surface area contributed by atoms with Crippen LogP contribution in [0.25, 0.3) is 0 Å². The summed E-state index contributed by atoms with van der Waals surface area (Å²) in [5.41, 5.74) is 0.842. The van der Waals surface area contributed by atoms with Crippen LogP contribution in [0, 0.1) is 0 Å². The topological polar surface area (TPSA) is 46.2 Å². The van der Waals surface area contributed by atoms with Crippen LogP contribution in [0.5, 0.6) is 0 Å². The molecule has 0 rings (SSSR count). The highest BCUT2D eigenvalue weighted by atomic mass is 32.2. The molecule has 76 valence electrons. The molecule has 1 unspecified atom stereocenters. The van der Waals surface area contributed by atoms with E-state index in [-0.39, 0.29) is 5.91 Å². The maximum absolute atomic E-state index is 11.1. The van der Waals surface area contributed by atoms with Crippen molar-refractivity contribution in [1.82, 2.24) is 5.32 Å². The molecule has 0 aromatic rings. The predicted octanol–water partition coefficient (Wildman–Crippen LogP) is 0.837. The molecule has 0 saturated heterocycles. The summed E-state index contributed by atoms with van der Waals surface area (Å²) in [6.45, 7) is 7.80. The Morgan fingerprint density at radius 1 is 1.54 bits per heavy atom. The molecule has 0 fully saturated rings. The van der Waals surface area contributed by atoms with E-state index in [1.807, 2.05) is 13.8 Å². The third-order valence-corrected chi connectivity index (χ3v) is 2.74. The Balaban J connectivity index is 3.48. The molecule has 0 aromatic carbocycles. The van der Waals surface area contributed by atoms with Gasteiger partial charge >= 0.3 is 0 Å². The van der Waals surface area contributed by atoms with Crippen molar-refractivity contribution >= 4 is 16.7 Å². The average Bonchev–Trinajstić information content (AvgIpc) is 2.02. The molecule has 3 nitrogen and oxygen atoms in total. The fraction of sp³-hybridized carbons (Fsp3) is 0.667. The molecule has 0 aliphatic rings. The number of hydrogen-bond donors (Lipinski definition) is 1. The Labute approximate surface area is 82.1 Å². The smallest absolute Gasteiger partial charge is 0.224 e. The Bertz CT molecular complexity index is 214. The second kappa shape index (κ2) is 6.83. The Morgan fingerprint density at radius 2 is 2.15 bits per heavy atom. The first-order valence-corrected chi connectivity index (χ1v) is 5.81. The van der Waals surface area contributed by atoms with Crippen molar-refractivity contribution in [3.8, 4) is 0 Å². The van der Waals surface area contributed by atoms with E-state index >= 15 is 0 Å². The van der Waals surface area contributed by atoms with Crippen molar-refractivity contribution in [3.63, 3.8) is 0 Å². The number of hydrogen-bond acceptors (Lipinski definition) is 2. The van der Waals surface area contributed by atoms with Gasteiger partial charge in [-0.25, -0.2) is 0 Å². The lowest BCUT2D eigenvalue weighted by molar-refractivity contribution is -0.120. The van der Waals surface area contributed by atoms with E-state index in [1.54, 1.807) is 0 Å². The summed E-state index contributed by atoms with van der Waals surface area (Å²) in [7, 11) is -0.793. The third kappa shape index (κ3) is 7.71. The number of amides is 1. The Kier molecular flexibility index (Phi) is 6.49. The summed E-state index contributed by atoms with van der Waals surface area (Å²) in [5.74, 6) is 1.15. The minimum Gasteiger partial charge on any atom is -0.355 e. The first kappa shape index (κ1) is 12.4. The van der Waals surface area contributed by atoms with Gasteiger partial charge in [-0.15, -0.1) is 0 Å². The van der Waals surface area contributed by atoms with Crippen LogP contribution in [0.15, 0.2) is 12.2 Å². The lowest BCUT2D eigenvalue weighted by atomic mass is 10.2. The molecule has 0 bridgehead atoms. The van der Waals surface area contributed by atoms with Crippen molar-refractivity contribution < 1.29 is 9.00 Å². The standard InChI is InChI=1S/C9H17NO2S/c1-4-13(12)6-5-10-9(11)7-8(2)3/h2,4-7H2,1,3H3,(H,10,11). The van der Waals surface area contributed by atoms with Gasteiger partial charge in [0.25, 0.3) is 0 Å². The number of carbonyl (C=O) groups excluding carboxylic acids is 1. The molecule has 0 aromatic heterocycles. The van der Waals surface area contributed by atoms with Gasteiger partial charge < -0.3 is 5.32 Å². The molecule has 0 aliphatic carbocycles. The molecule has 0 radical (unpaired) electrons. The van der Waals surface area contributed by atoms with Crippen LogP contribution in [0.1, 0.15) is 20.3 Å². The van der Waals surface area contributed by atoms with Gasteiger partial charge in [-0.2, -0.15) is 0 Å². The van der Waals surface area contributed by atoms with Gasteiger partial charge in [0.1, 0.15) is 0 Å². The van der Waals surface area contributed by atoms with Gasteiger partial charge in [0.15, 0.2) is 0 Å². The summed E-state index contributed by atoms with van der Waals surface area (Å²) in [6, 6.07) is 0. The maximum atomic E-state index is 11.1. The molecule has 0 aliphatic heterocycles. The molecule has 0 saturated carbocycles. The maximum Gasteiger partial charge on any atom is 0.224 e. The van der Waals surface area contributed by atoms with E-state index in [1.165, 1.54) is 0 Å². The van der Waals surface area contributed by atoms with Gasteiger partial charge in [-0.05, 0) is 6.92 Å². The van der Waals surface area contributed by atoms with Gasteiger partial charge in [0, 0.05) is 35.3 Å². The van der Waals surface area contributed by atoms with Gasteiger partial charge in [0.2, 0.25) is 5.91 Å². The van der Waals surface area contributed by atoms with Gasteiger partial charge in [-0.3, -0.25) is 9.00 Å². The molecule has 0 spiro atoms. The number of carbonyl (C=O) groups is 1. The molecule has 1 atom stereocenters. The van der Waals surface area contributed by atoms with Crippen LogP contribution in [0.2, 0.25) is 0 Å². The minimum atomic E-state index is -0.793. The summed E-state index contributed by atoms with van der Waals surface area (Å²) < 4.78 is 11.0. The van der Waals surface area contributed by atoms with E-state index in [0.29, 0.717) is 24.5 Å². The van der Waals surface area contributed by atoms with Crippen molar-refractivity contribution in [1.29, 1.82) is 0 Å². The van der Waals surface area contributed by atoms with Crippen LogP contribution < -0.4 is 5.32 Å². The first-order chi connectivity index (χ1) is 6.06. The van der Waals surface area contributed by atoms with Gasteiger partial charge in [-0.1, -0.05) is 19.1 Å². The van der Waals surface area contributed by atoms with Gasteiger partial charge in [0.05, 0.1) is 0 Å². The van der Waals surface area contributed by atoms with Crippen LogP contribution in [-0.2, 0) is 15.6 Å². The van der Waals surface area contributed by atoms with Crippen LogP contribution in [0.3, 0.4) is 0 Å². The van der Waals surface area contributed by atoms with Crippen molar-refractivity contribution in [2.75, 3.05) is 18.1 Å². The second-order valence-electron chi connectivity index (χ2n) is 2.92. The molecule has 1 amide bonds. The highest BCUT2D eigenvalue weighted by Gasteiger charge is 2.01. The summed E-state index contributed by atoms with van der Waals surface area (Å²) >= 11 is 0. The number of nitrogens with one attached hydrogen (secondary N) is 1. The number of rotatable bonds is 6. The largest absolute Gasteiger partial charge is 0.355 e. The van der Waals surface area contributed by atoms with Crippen LogP contribution in [-0.4, -0.2) is 28.2 Å². The Morgan fingerprint density at radius 3 is 2.62 bits per heavy atom. The van der Waals surface area contributed by atoms with Crippen LogP contribution in [0.4, 0.5) is 0 Å². The zero-order valence-electron chi connectivity index (χ0n) is 8.26. The molecule has 13 heavy (non-hydrogen) atoms. The monoisotopic (exact) mass is 203 g/mol. The van der Waals surface area contributed by atoms with Crippen LogP contribution >= 0.6 is 0 Å². The van der Waals surface area contributed by atoms with Crippen molar-refractivity contribution in [3.05, 3.63) is 12.2 Å². The third-order valence-electron chi connectivity index (χ3n) is 1.44. The van der Waals surface area contributed by atoms with E-state index in [9.17, 15) is 9.00 Å². The average molecular weight is 203 g/mol. The summed E-state index contributed by atoms with van der Waals surface area (Å²) in [5, 5.41) is 2.69. The first-order valence-electron chi connectivity index (χ1n) is 4.32. The summed E-state index contributed by atoms with van der Waals surface area (Å²) in [6.07, 6.45) is 0.360. The zero-order valence-corrected chi connectivity index (χ0v) is 9.08. The van der Waals surface area contributed by atoms with Crippen molar-refractivity contribution in [2.24, 2.45) is 0 Å². The lowest BCUT2D eigenvalue weighted by Gasteiger charge is -2.03. The van der Waals surface area contributed by atoms with E-state index in [4.69, 9.17) is 0 Å². The quantitative estimate of drug-likeness (QED) is 0.650. The second-order valence-corrected chi connectivity index (χ2v) is 4.78. The van der Waals surface area contributed by atoms with Crippen molar-refractivity contribution in [2.45, 2.75) is 20.3 Å². The molecular formula is C9H17NO2S. The zero-order chi connectivity index (χ0) is 10.3. The SMILES string of the molecule is C=C(C)CC(=O)NCCS(=O)CC. The highest BCUT2D eigenvalue weighted by Crippen LogP contribution is 1.93. The van der Waals surface area contributed by atoms with E-state index < -0.39 is 10.8 Å².